The van der Waals surface area contributed by atoms with Gasteiger partial charge < -0.3 is 14.2 Å². The van der Waals surface area contributed by atoms with Crippen LogP contribution in [0.5, 0.6) is 17.2 Å². The molecule has 188 valence electrons. The summed E-state index contributed by atoms with van der Waals surface area (Å²) in [5.41, 5.74) is 1.64. The van der Waals surface area contributed by atoms with Crippen LogP contribution in [0.4, 0.5) is 0 Å². The third kappa shape index (κ3) is 4.93. The van der Waals surface area contributed by atoms with Gasteiger partial charge in [-0.05, 0) is 63.1 Å². The number of dihydropyridines is 1. The summed E-state index contributed by atoms with van der Waals surface area (Å²) in [6.07, 6.45) is 14.3. The van der Waals surface area contributed by atoms with Gasteiger partial charge in [-0.2, -0.15) is 0 Å². The van der Waals surface area contributed by atoms with E-state index < -0.39 is 5.54 Å². The first-order valence-electron chi connectivity index (χ1n) is 12.7. The average molecular weight is 488 g/mol. The van der Waals surface area contributed by atoms with Crippen molar-refractivity contribution in [2.24, 2.45) is 4.99 Å². The molecule has 0 spiro atoms. The number of methoxy groups -OCH3 is 1. The van der Waals surface area contributed by atoms with Crippen LogP contribution in [0.1, 0.15) is 39.5 Å². The van der Waals surface area contributed by atoms with Crippen LogP contribution in [-0.2, 0) is 4.79 Å². The van der Waals surface area contributed by atoms with E-state index in [1.165, 1.54) is 26.2 Å². The van der Waals surface area contributed by atoms with Crippen LogP contribution in [0.2, 0.25) is 0 Å². The number of pyridine rings is 1. The number of benzene rings is 1. The van der Waals surface area contributed by atoms with Crippen LogP contribution in [0, 0.1) is 0 Å². The summed E-state index contributed by atoms with van der Waals surface area (Å²) in [6.45, 7) is 7.31. The molecule has 2 aromatic rings. The van der Waals surface area contributed by atoms with Gasteiger partial charge in [-0.15, -0.1) is 0 Å². The first kappa shape index (κ1) is 24.3. The summed E-state index contributed by atoms with van der Waals surface area (Å²) >= 11 is 0. The summed E-state index contributed by atoms with van der Waals surface area (Å²) in [7, 11) is 1.63. The third-order valence-electron chi connectivity index (χ3n) is 7.08. The molecule has 1 aromatic carbocycles. The number of Topliss-reactive ketones (excluding diaryl/α,β-unsaturated/α-hetero) is 1. The van der Waals surface area contributed by atoms with Crippen molar-refractivity contribution in [2.45, 2.75) is 45.1 Å². The molecule has 1 fully saturated rings. The van der Waals surface area contributed by atoms with E-state index in [2.05, 4.69) is 16.0 Å². The van der Waals surface area contributed by atoms with Crippen molar-refractivity contribution in [1.82, 2.24) is 9.88 Å². The van der Waals surface area contributed by atoms with Gasteiger partial charge in [0.25, 0.3) is 0 Å². The second kappa shape index (κ2) is 10.3. The van der Waals surface area contributed by atoms with Crippen LogP contribution in [0.15, 0.2) is 65.0 Å². The van der Waals surface area contributed by atoms with E-state index in [-0.39, 0.29) is 5.78 Å². The van der Waals surface area contributed by atoms with Gasteiger partial charge in [0.05, 0.1) is 18.2 Å². The molecule has 1 atom stereocenters. The van der Waals surface area contributed by atoms with Crippen molar-refractivity contribution in [1.29, 1.82) is 0 Å². The highest BCUT2D eigenvalue weighted by Gasteiger charge is 2.35. The molecule has 3 aliphatic rings. The molecule has 7 nitrogen and oxygen atoms in total. The Bertz CT molecular complexity index is 1290. The summed E-state index contributed by atoms with van der Waals surface area (Å²) in [5, 5.41) is 0.771. The monoisotopic (exact) mass is 487 g/mol. The maximum Gasteiger partial charge on any atom is 0.181 e. The molecule has 2 aliphatic heterocycles. The molecular weight excluding hydrogens is 454 g/mol. The van der Waals surface area contributed by atoms with Crippen LogP contribution in [-0.4, -0.2) is 60.3 Å². The van der Waals surface area contributed by atoms with Crippen molar-refractivity contribution >= 4 is 22.4 Å². The molecule has 3 heterocycles. The van der Waals surface area contributed by atoms with E-state index in [0.29, 0.717) is 35.3 Å². The number of fused-ring (bicyclic) bond motifs is 2. The highest BCUT2D eigenvalue weighted by molar-refractivity contribution is 6.45. The van der Waals surface area contributed by atoms with Gasteiger partial charge in [0, 0.05) is 31.1 Å². The highest BCUT2D eigenvalue weighted by atomic mass is 16.5. The topological polar surface area (TPSA) is 73.2 Å². The number of ketones is 1. The molecule has 0 amide bonds. The fourth-order valence-corrected chi connectivity index (χ4v) is 5.00. The van der Waals surface area contributed by atoms with Gasteiger partial charge in [0.15, 0.2) is 23.0 Å². The lowest BCUT2D eigenvalue weighted by molar-refractivity contribution is -0.111. The lowest BCUT2D eigenvalue weighted by Crippen LogP contribution is -2.34. The van der Waals surface area contributed by atoms with Crippen molar-refractivity contribution in [3.63, 3.8) is 0 Å². The van der Waals surface area contributed by atoms with Gasteiger partial charge in [-0.25, -0.2) is 0 Å². The quantitative estimate of drug-likeness (QED) is 0.518. The third-order valence-corrected chi connectivity index (χ3v) is 7.08. The Morgan fingerprint density at radius 3 is 2.75 bits per heavy atom. The zero-order valence-corrected chi connectivity index (χ0v) is 21.3. The van der Waals surface area contributed by atoms with Crippen LogP contribution in [0.3, 0.4) is 0 Å². The molecule has 0 N–H and O–H groups in total. The van der Waals surface area contributed by atoms with E-state index in [0.717, 1.165) is 42.5 Å². The lowest BCUT2D eigenvalue weighted by Gasteiger charge is -2.32. The number of ether oxygens (including phenoxy) is 3. The van der Waals surface area contributed by atoms with Crippen molar-refractivity contribution in [3.05, 3.63) is 60.0 Å². The zero-order valence-electron chi connectivity index (χ0n) is 21.3. The number of carbonyl (C=O) groups excluding carboxylic acids is 1. The van der Waals surface area contributed by atoms with Gasteiger partial charge in [-0.3, -0.25) is 19.7 Å². The minimum atomic E-state index is -0.452. The minimum absolute atomic E-state index is 0.128. The number of aliphatic imine (C=N–C) groups is 1. The van der Waals surface area contributed by atoms with E-state index in [1.54, 1.807) is 19.4 Å². The Kier molecular flexibility index (Phi) is 6.92. The SMILES string of the molecule is COc1cc2c(OC3=CC4=CC=CCC4(C)N=C3C(C)=O)ccnc2cc1OCCN1CCCCC1. The standard InChI is InChI=1S/C29H33N3O4/c1-20(33)28-27(17-21-9-5-6-11-29(21,2)31-28)36-24-10-12-30-23-19-26(25(34-3)18-22(23)24)35-16-15-32-13-7-4-8-14-32/h5-6,9-10,12,17-19H,4,7-8,11,13-16H2,1-3H3. The summed E-state index contributed by atoms with van der Waals surface area (Å²) < 4.78 is 18.1. The molecular formula is C29H33N3O4. The Balaban J connectivity index is 1.42. The summed E-state index contributed by atoms with van der Waals surface area (Å²) in [5.74, 6) is 2.16. The Morgan fingerprint density at radius 2 is 1.97 bits per heavy atom. The Hall–Kier alpha value is -3.45. The number of allylic oxidation sites excluding steroid dienone is 3. The number of hydrogen-bond acceptors (Lipinski definition) is 7. The van der Waals surface area contributed by atoms with E-state index in [1.807, 2.05) is 37.3 Å². The van der Waals surface area contributed by atoms with Crippen molar-refractivity contribution in [2.75, 3.05) is 33.4 Å². The molecule has 1 aliphatic carbocycles. The Labute approximate surface area is 212 Å². The molecule has 5 rings (SSSR count). The van der Waals surface area contributed by atoms with E-state index in [9.17, 15) is 4.79 Å². The number of rotatable bonds is 8. The molecule has 0 radical (unpaired) electrons. The molecule has 0 saturated carbocycles. The van der Waals surface area contributed by atoms with Crippen LogP contribution >= 0.6 is 0 Å². The fraction of sp³-hybridized carbons (Fsp3) is 0.414. The van der Waals surface area contributed by atoms with Crippen LogP contribution < -0.4 is 14.2 Å². The second-order valence-corrected chi connectivity index (χ2v) is 9.74. The molecule has 1 aromatic heterocycles. The molecule has 1 unspecified atom stereocenters. The number of likely N-dealkylation sites (tertiary alicyclic amines) is 1. The lowest BCUT2D eigenvalue weighted by atomic mass is 9.82. The zero-order chi connectivity index (χ0) is 25.1. The van der Waals surface area contributed by atoms with E-state index >= 15 is 0 Å². The summed E-state index contributed by atoms with van der Waals surface area (Å²) in [6, 6.07) is 5.56. The molecule has 1 saturated heterocycles. The first-order valence-corrected chi connectivity index (χ1v) is 12.7. The number of piperidine rings is 1. The van der Waals surface area contributed by atoms with Gasteiger partial charge >= 0.3 is 0 Å². The van der Waals surface area contributed by atoms with Crippen molar-refractivity contribution < 1.29 is 19.0 Å². The second-order valence-electron chi connectivity index (χ2n) is 9.74. The fourth-order valence-electron chi connectivity index (χ4n) is 5.00. The van der Waals surface area contributed by atoms with Gasteiger partial charge in [0.2, 0.25) is 0 Å². The Morgan fingerprint density at radius 1 is 1.14 bits per heavy atom. The number of hydrogen-bond donors (Lipinski definition) is 0. The predicted octanol–water partition coefficient (Wildman–Crippen LogP) is 5.06. The highest BCUT2D eigenvalue weighted by Crippen LogP contribution is 2.39. The molecule has 7 heteroatoms. The number of carbonyl (C=O) groups is 1. The molecule has 0 bridgehead atoms. The largest absolute Gasteiger partial charge is 0.493 e. The number of aromatic nitrogens is 1. The molecule has 36 heavy (non-hydrogen) atoms. The minimum Gasteiger partial charge on any atom is -0.493 e. The first-order chi connectivity index (χ1) is 17.5. The van der Waals surface area contributed by atoms with Crippen molar-refractivity contribution in [3.8, 4) is 17.2 Å². The maximum absolute atomic E-state index is 12.5. The van der Waals surface area contributed by atoms with Gasteiger partial charge in [0.1, 0.15) is 18.1 Å². The smallest absolute Gasteiger partial charge is 0.181 e. The van der Waals surface area contributed by atoms with Crippen LogP contribution in [0.25, 0.3) is 10.9 Å². The van der Waals surface area contributed by atoms with E-state index in [4.69, 9.17) is 19.2 Å². The van der Waals surface area contributed by atoms with Gasteiger partial charge in [-0.1, -0.05) is 24.6 Å². The normalized spacial score (nSPS) is 21.8. The average Bonchev–Trinajstić information content (AvgIpc) is 2.88. The summed E-state index contributed by atoms with van der Waals surface area (Å²) in [4.78, 5) is 24.3. The number of nitrogens with zero attached hydrogens (tertiary/aromatic N) is 3. The predicted molar refractivity (Wildman–Crippen MR) is 141 cm³/mol. The maximum atomic E-state index is 12.5.